The number of amides is 1. The second-order valence-corrected chi connectivity index (χ2v) is 9.47. The molecule has 38 heavy (non-hydrogen) atoms. The molecule has 5 rings (SSSR count). The molecule has 6 nitrogen and oxygen atoms in total. The van der Waals surface area contributed by atoms with Gasteiger partial charge >= 0.3 is 0 Å². The fourth-order valence-electron chi connectivity index (χ4n) is 4.37. The standard InChI is InChI=1S/C30H25Cl2N3O3/c1-37-22-11-7-19(8-12-22)30-26(13-16-29(36)33-21-10-14-27(38-2)25(32)17-21)35-18-20(9-15-28(35)34-30)23-5-3-4-6-24(23)31/h3-12,14-15,17-18H,13,16H2,1-2H3,(H,33,36). The van der Waals surface area contributed by atoms with Crippen molar-refractivity contribution >= 4 is 40.4 Å². The summed E-state index contributed by atoms with van der Waals surface area (Å²) in [5, 5.41) is 4.02. The highest BCUT2D eigenvalue weighted by molar-refractivity contribution is 6.33. The smallest absolute Gasteiger partial charge is 0.224 e. The summed E-state index contributed by atoms with van der Waals surface area (Å²) in [6.07, 6.45) is 2.73. The Hall–Kier alpha value is -4.00. The summed E-state index contributed by atoms with van der Waals surface area (Å²) in [5.74, 6) is 1.18. The average Bonchev–Trinajstić information content (AvgIpc) is 3.30. The molecule has 1 N–H and O–H groups in total. The number of halogens is 2. The Balaban J connectivity index is 1.49. The van der Waals surface area contributed by atoms with Crippen molar-refractivity contribution in [2.45, 2.75) is 12.8 Å². The Morgan fingerprint density at radius 1 is 0.895 bits per heavy atom. The third kappa shape index (κ3) is 5.32. The first kappa shape index (κ1) is 25.6. The van der Waals surface area contributed by atoms with Crippen LogP contribution in [0.1, 0.15) is 12.1 Å². The molecule has 0 spiro atoms. The number of hydrogen-bond acceptors (Lipinski definition) is 4. The number of aromatic nitrogens is 2. The zero-order valence-electron chi connectivity index (χ0n) is 20.9. The lowest BCUT2D eigenvalue weighted by atomic mass is 10.1. The quantitative estimate of drug-likeness (QED) is 0.218. The number of nitrogens with one attached hydrogen (secondary N) is 1. The molecule has 0 saturated heterocycles. The Kier molecular flexibility index (Phi) is 7.54. The highest BCUT2D eigenvalue weighted by atomic mass is 35.5. The molecule has 3 aromatic carbocycles. The number of hydrogen-bond donors (Lipinski definition) is 1. The van der Waals surface area contributed by atoms with E-state index in [2.05, 4.69) is 5.32 Å². The summed E-state index contributed by atoms with van der Waals surface area (Å²) < 4.78 is 12.5. The van der Waals surface area contributed by atoms with E-state index in [1.165, 1.54) is 0 Å². The number of imidazole rings is 1. The number of ether oxygens (including phenoxy) is 2. The summed E-state index contributed by atoms with van der Waals surface area (Å²) in [6, 6.07) is 24.6. The van der Waals surface area contributed by atoms with Gasteiger partial charge in [0, 0.05) is 34.5 Å². The van der Waals surface area contributed by atoms with Gasteiger partial charge in [-0.05, 0) is 72.6 Å². The highest BCUT2D eigenvalue weighted by Crippen LogP contribution is 2.32. The number of rotatable bonds is 8. The van der Waals surface area contributed by atoms with Crippen molar-refractivity contribution in [2.75, 3.05) is 19.5 Å². The number of methoxy groups -OCH3 is 2. The zero-order chi connectivity index (χ0) is 26.6. The molecule has 0 saturated carbocycles. The van der Waals surface area contributed by atoms with E-state index in [1.807, 2.05) is 71.3 Å². The fraction of sp³-hybridized carbons (Fsp3) is 0.133. The van der Waals surface area contributed by atoms with Gasteiger partial charge in [-0.1, -0.05) is 41.4 Å². The summed E-state index contributed by atoms with van der Waals surface area (Å²) in [6.45, 7) is 0. The van der Waals surface area contributed by atoms with Crippen LogP contribution in [0.15, 0.2) is 85.1 Å². The Bertz CT molecular complexity index is 1610. The van der Waals surface area contributed by atoms with Crippen molar-refractivity contribution in [3.63, 3.8) is 0 Å². The molecule has 5 aromatic rings. The van der Waals surface area contributed by atoms with E-state index in [-0.39, 0.29) is 12.3 Å². The maximum absolute atomic E-state index is 12.9. The fourth-order valence-corrected chi connectivity index (χ4v) is 4.87. The summed E-state index contributed by atoms with van der Waals surface area (Å²) in [5.41, 5.74) is 5.94. The van der Waals surface area contributed by atoms with E-state index in [4.69, 9.17) is 37.7 Å². The van der Waals surface area contributed by atoms with Crippen molar-refractivity contribution in [1.29, 1.82) is 0 Å². The van der Waals surface area contributed by atoms with Crippen LogP contribution in [0.2, 0.25) is 10.0 Å². The van der Waals surface area contributed by atoms with Crippen LogP contribution < -0.4 is 14.8 Å². The Morgan fingerprint density at radius 3 is 2.37 bits per heavy atom. The molecule has 0 aliphatic carbocycles. The highest BCUT2D eigenvalue weighted by Gasteiger charge is 2.17. The third-order valence-corrected chi connectivity index (χ3v) is 6.92. The summed E-state index contributed by atoms with van der Waals surface area (Å²) >= 11 is 12.7. The van der Waals surface area contributed by atoms with E-state index in [9.17, 15) is 4.79 Å². The normalized spacial score (nSPS) is 10.9. The minimum absolute atomic E-state index is 0.135. The van der Waals surface area contributed by atoms with Crippen molar-refractivity contribution in [3.05, 3.63) is 101 Å². The Labute approximate surface area is 230 Å². The minimum atomic E-state index is -0.135. The first-order valence-electron chi connectivity index (χ1n) is 12.0. The van der Waals surface area contributed by atoms with Gasteiger partial charge in [0.1, 0.15) is 17.1 Å². The average molecular weight is 546 g/mol. The van der Waals surface area contributed by atoms with Gasteiger partial charge < -0.3 is 19.2 Å². The lowest BCUT2D eigenvalue weighted by Crippen LogP contribution is -2.13. The number of pyridine rings is 1. The van der Waals surface area contributed by atoms with Gasteiger partial charge in [0.25, 0.3) is 0 Å². The van der Waals surface area contributed by atoms with E-state index in [0.717, 1.165) is 39.5 Å². The van der Waals surface area contributed by atoms with Gasteiger partial charge in [-0.25, -0.2) is 4.98 Å². The number of nitrogens with zero attached hydrogens (tertiary/aromatic N) is 2. The molecule has 2 aromatic heterocycles. The molecule has 0 aliphatic heterocycles. The number of anilines is 1. The molecular formula is C30H25Cl2N3O3. The van der Waals surface area contributed by atoms with Gasteiger partial charge in [-0.15, -0.1) is 0 Å². The zero-order valence-corrected chi connectivity index (χ0v) is 22.4. The number of aryl methyl sites for hydroxylation is 1. The first-order chi connectivity index (χ1) is 18.5. The van der Waals surface area contributed by atoms with Crippen molar-refractivity contribution in [3.8, 4) is 33.9 Å². The number of carbonyl (C=O) groups excluding carboxylic acids is 1. The third-order valence-electron chi connectivity index (χ3n) is 6.29. The maximum atomic E-state index is 12.9. The molecule has 0 radical (unpaired) electrons. The summed E-state index contributed by atoms with van der Waals surface area (Å²) in [4.78, 5) is 17.8. The van der Waals surface area contributed by atoms with Gasteiger partial charge in [-0.2, -0.15) is 0 Å². The lowest BCUT2D eigenvalue weighted by Gasteiger charge is -2.10. The van der Waals surface area contributed by atoms with Crippen LogP contribution in [0, 0.1) is 0 Å². The number of carbonyl (C=O) groups is 1. The molecule has 1 amide bonds. The van der Waals surface area contributed by atoms with Crippen molar-refractivity contribution in [1.82, 2.24) is 9.38 Å². The minimum Gasteiger partial charge on any atom is -0.497 e. The van der Waals surface area contributed by atoms with Gasteiger partial charge in [0.15, 0.2) is 0 Å². The van der Waals surface area contributed by atoms with Crippen molar-refractivity contribution in [2.24, 2.45) is 0 Å². The topological polar surface area (TPSA) is 64.9 Å². The van der Waals surface area contributed by atoms with Gasteiger partial charge in [-0.3, -0.25) is 4.79 Å². The molecule has 0 unspecified atom stereocenters. The SMILES string of the molecule is COc1ccc(-c2nc3ccc(-c4ccccc4Cl)cn3c2CCC(=O)Nc2ccc(OC)c(Cl)c2)cc1. The van der Waals surface area contributed by atoms with Crippen LogP contribution in [0.25, 0.3) is 28.0 Å². The second kappa shape index (κ2) is 11.2. The predicted octanol–water partition coefficient (Wildman–Crippen LogP) is 7.56. The molecule has 0 atom stereocenters. The molecule has 192 valence electrons. The second-order valence-electron chi connectivity index (χ2n) is 8.66. The Morgan fingerprint density at radius 2 is 1.66 bits per heavy atom. The number of fused-ring (bicyclic) bond motifs is 1. The van der Waals surface area contributed by atoms with E-state index >= 15 is 0 Å². The molecule has 2 heterocycles. The van der Waals surface area contributed by atoms with Crippen LogP contribution in [0.5, 0.6) is 11.5 Å². The summed E-state index contributed by atoms with van der Waals surface area (Å²) in [7, 11) is 3.18. The van der Waals surface area contributed by atoms with Gasteiger partial charge in [0.05, 0.1) is 30.6 Å². The van der Waals surface area contributed by atoms with E-state index in [1.54, 1.807) is 32.4 Å². The van der Waals surface area contributed by atoms with E-state index in [0.29, 0.717) is 27.9 Å². The van der Waals surface area contributed by atoms with Crippen LogP contribution in [-0.4, -0.2) is 29.5 Å². The van der Waals surface area contributed by atoms with Crippen LogP contribution >= 0.6 is 23.2 Å². The molecular weight excluding hydrogens is 521 g/mol. The maximum Gasteiger partial charge on any atom is 0.224 e. The van der Waals surface area contributed by atoms with Gasteiger partial charge in [0.2, 0.25) is 5.91 Å². The monoisotopic (exact) mass is 545 g/mol. The van der Waals surface area contributed by atoms with Crippen LogP contribution in [0.3, 0.4) is 0 Å². The molecule has 0 bridgehead atoms. The molecule has 8 heteroatoms. The van der Waals surface area contributed by atoms with Crippen LogP contribution in [-0.2, 0) is 11.2 Å². The largest absolute Gasteiger partial charge is 0.497 e. The van der Waals surface area contributed by atoms with Crippen molar-refractivity contribution < 1.29 is 14.3 Å². The van der Waals surface area contributed by atoms with Crippen LogP contribution in [0.4, 0.5) is 5.69 Å². The molecule has 0 fully saturated rings. The molecule has 0 aliphatic rings. The lowest BCUT2D eigenvalue weighted by molar-refractivity contribution is -0.116. The number of benzene rings is 3. The predicted molar refractivity (Wildman–Crippen MR) is 153 cm³/mol. The van der Waals surface area contributed by atoms with E-state index < -0.39 is 0 Å². The first-order valence-corrected chi connectivity index (χ1v) is 12.8.